The van der Waals surface area contributed by atoms with Crippen LogP contribution in [0.3, 0.4) is 0 Å². The van der Waals surface area contributed by atoms with Crippen molar-refractivity contribution in [1.82, 2.24) is 0 Å². The Kier molecular flexibility index (Phi) is 5.16. The number of amides is 1. The molecule has 28 heavy (non-hydrogen) atoms. The second kappa shape index (κ2) is 8.23. The number of anilines is 4. The van der Waals surface area contributed by atoms with Crippen molar-refractivity contribution in [2.75, 3.05) is 10.2 Å². The third kappa shape index (κ3) is 3.94. The lowest BCUT2D eigenvalue weighted by Crippen LogP contribution is -2.12. The zero-order valence-electron chi connectivity index (χ0n) is 15.3. The number of hydrogen-bond acceptors (Lipinski definition) is 2. The molecule has 4 aromatic carbocycles. The van der Waals surface area contributed by atoms with Crippen molar-refractivity contribution >= 4 is 28.7 Å². The van der Waals surface area contributed by atoms with E-state index in [9.17, 15) is 4.79 Å². The third-order valence-electron chi connectivity index (χ3n) is 4.45. The Hall–Kier alpha value is -3.85. The molecule has 1 N–H and O–H groups in total. The Morgan fingerprint density at radius 1 is 0.536 bits per heavy atom. The highest BCUT2D eigenvalue weighted by Gasteiger charge is 2.12. The van der Waals surface area contributed by atoms with Gasteiger partial charge in [0.05, 0.1) is 0 Å². The molecule has 3 heteroatoms. The van der Waals surface area contributed by atoms with Crippen molar-refractivity contribution in [2.45, 2.75) is 0 Å². The van der Waals surface area contributed by atoms with E-state index in [0.717, 1.165) is 22.7 Å². The molecule has 0 unspecified atom stereocenters. The van der Waals surface area contributed by atoms with E-state index in [0.29, 0.717) is 5.56 Å². The Balaban J connectivity index is 1.61. The molecule has 0 atom stereocenters. The average molecular weight is 364 g/mol. The lowest BCUT2D eigenvalue weighted by Gasteiger charge is -2.25. The summed E-state index contributed by atoms with van der Waals surface area (Å²) in [5.74, 6) is -0.115. The van der Waals surface area contributed by atoms with Gasteiger partial charge >= 0.3 is 0 Å². The molecular formula is C25H20N2O. The molecule has 0 heterocycles. The number of carbonyl (C=O) groups is 1. The summed E-state index contributed by atoms with van der Waals surface area (Å²) in [7, 11) is 0. The summed E-state index contributed by atoms with van der Waals surface area (Å²) < 4.78 is 0. The Morgan fingerprint density at radius 3 is 1.46 bits per heavy atom. The van der Waals surface area contributed by atoms with Crippen LogP contribution in [-0.4, -0.2) is 5.91 Å². The van der Waals surface area contributed by atoms with Gasteiger partial charge in [-0.15, -0.1) is 0 Å². The minimum Gasteiger partial charge on any atom is -0.322 e. The first-order chi connectivity index (χ1) is 13.8. The minimum absolute atomic E-state index is 0.115. The van der Waals surface area contributed by atoms with Crippen LogP contribution < -0.4 is 10.2 Å². The first-order valence-corrected chi connectivity index (χ1v) is 9.18. The van der Waals surface area contributed by atoms with Gasteiger partial charge in [-0.3, -0.25) is 4.79 Å². The largest absolute Gasteiger partial charge is 0.322 e. The van der Waals surface area contributed by atoms with Gasteiger partial charge < -0.3 is 10.2 Å². The van der Waals surface area contributed by atoms with Crippen molar-refractivity contribution in [2.24, 2.45) is 0 Å². The van der Waals surface area contributed by atoms with Gasteiger partial charge in [0.15, 0.2) is 0 Å². The molecule has 0 spiro atoms. The van der Waals surface area contributed by atoms with Crippen molar-refractivity contribution in [1.29, 1.82) is 0 Å². The number of nitrogens with zero attached hydrogens (tertiary/aromatic N) is 1. The van der Waals surface area contributed by atoms with Crippen LogP contribution in [-0.2, 0) is 0 Å². The molecule has 0 saturated carbocycles. The molecule has 0 radical (unpaired) electrons. The average Bonchev–Trinajstić information content (AvgIpc) is 2.77. The zero-order valence-corrected chi connectivity index (χ0v) is 15.3. The monoisotopic (exact) mass is 364 g/mol. The first kappa shape index (κ1) is 17.6. The van der Waals surface area contributed by atoms with Crippen molar-refractivity contribution < 1.29 is 4.79 Å². The Bertz CT molecular complexity index is 991. The standard InChI is InChI=1S/C25H20N2O/c28-25(20-10-4-1-5-11-20)26-21-16-18-24(19-17-21)27(22-12-6-2-7-13-22)23-14-8-3-9-15-23/h1-19H,(H,26,28). The van der Waals surface area contributed by atoms with E-state index in [4.69, 9.17) is 0 Å². The maximum Gasteiger partial charge on any atom is 0.255 e. The maximum atomic E-state index is 12.4. The molecule has 0 bridgehead atoms. The van der Waals surface area contributed by atoms with E-state index in [1.165, 1.54) is 0 Å². The van der Waals surface area contributed by atoms with Crippen LogP contribution in [0.15, 0.2) is 115 Å². The van der Waals surface area contributed by atoms with E-state index < -0.39 is 0 Å². The lowest BCUT2D eigenvalue weighted by atomic mass is 10.1. The van der Waals surface area contributed by atoms with Crippen LogP contribution in [0.4, 0.5) is 22.7 Å². The number of rotatable bonds is 5. The summed E-state index contributed by atoms with van der Waals surface area (Å²) in [4.78, 5) is 14.5. The van der Waals surface area contributed by atoms with Gasteiger partial charge in [0.2, 0.25) is 0 Å². The highest BCUT2D eigenvalue weighted by Crippen LogP contribution is 2.34. The fraction of sp³-hybridized carbons (Fsp3) is 0. The number of carbonyl (C=O) groups excluding carboxylic acids is 1. The van der Waals surface area contributed by atoms with Crippen LogP contribution in [0.25, 0.3) is 0 Å². The summed E-state index contributed by atoms with van der Waals surface area (Å²) in [6.45, 7) is 0. The lowest BCUT2D eigenvalue weighted by molar-refractivity contribution is 0.102. The van der Waals surface area contributed by atoms with Gasteiger partial charge in [-0.25, -0.2) is 0 Å². The Morgan fingerprint density at radius 2 is 0.964 bits per heavy atom. The van der Waals surface area contributed by atoms with E-state index in [1.54, 1.807) is 12.1 Å². The van der Waals surface area contributed by atoms with Crippen LogP contribution in [0.1, 0.15) is 10.4 Å². The maximum absolute atomic E-state index is 12.4. The van der Waals surface area contributed by atoms with E-state index >= 15 is 0 Å². The zero-order chi connectivity index (χ0) is 19.2. The first-order valence-electron chi connectivity index (χ1n) is 9.18. The smallest absolute Gasteiger partial charge is 0.255 e. The van der Waals surface area contributed by atoms with Crippen molar-refractivity contribution in [3.63, 3.8) is 0 Å². The third-order valence-corrected chi connectivity index (χ3v) is 4.45. The second-order valence-electron chi connectivity index (χ2n) is 6.37. The summed E-state index contributed by atoms with van der Waals surface area (Å²) in [6.07, 6.45) is 0. The molecule has 0 aliphatic rings. The molecule has 0 saturated heterocycles. The topological polar surface area (TPSA) is 32.3 Å². The van der Waals surface area contributed by atoms with Crippen LogP contribution in [0.5, 0.6) is 0 Å². The highest BCUT2D eigenvalue weighted by molar-refractivity contribution is 6.04. The quantitative estimate of drug-likeness (QED) is 0.444. The normalized spacial score (nSPS) is 10.3. The molecule has 0 aliphatic heterocycles. The predicted molar refractivity (Wildman–Crippen MR) is 116 cm³/mol. The SMILES string of the molecule is O=C(Nc1ccc(N(c2ccccc2)c2ccccc2)cc1)c1ccccc1. The number of nitrogens with one attached hydrogen (secondary N) is 1. The molecule has 4 aromatic rings. The summed E-state index contributed by atoms with van der Waals surface area (Å²) in [6, 6.07) is 37.5. The predicted octanol–water partition coefficient (Wildman–Crippen LogP) is 6.41. The molecule has 0 fully saturated rings. The van der Waals surface area contributed by atoms with Crippen LogP contribution in [0.2, 0.25) is 0 Å². The molecular weight excluding hydrogens is 344 g/mol. The van der Waals surface area contributed by atoms with Gasteiger partial charge in [0.1, 0.15) is 0 Å². The van der Waals surface area contributed by atoms with E-state index in [2.05, 4.69) is 34.5 Å². The molecule has 136 valence electrons. The van der Waals surface area contributed by atoms with Crippen molar-refractivity contribution in [3.8, 4) is 0 Å². The fourth-order valence-corrected chi connectivity index (χ4v) is 3.09. The minimum atomic E-state index is -0.115. The van der Waals surface area contributed by atoms with Crippen LogP contribution >= 0.6 is 0 Å². The molecule has 0 aromatic heterocycles. The van der Waals surface area contributed by atoms with Gasteiger partial charge in [0.25, 0.3) is 5.91 Å². The molecule has 0 aliphatic carbocycles. The molecule has 4 rings (SSSR count). The number of hydrogen-bond donors (Lipinski definition) is 1. The van der Waals surface area contributed by atoms with Crippen LogP contribution in [0, 0.1) is 0 Å². The highest BCUT2D eigenvalue weighted by atomic mass is 16.1. The second-order valence-corrected chi connectivity index (χ2v) is 6.37. The number of para-hydroxylation sites is 2. The van der Waals surface area contributed by atoms with E-state index in [-0.39, 0.29) is 5.91 Å². The van der Waals surface area contributed by atoms with Gasteiger partial charge in [-0.2, -0.15) is 0 Å². The molecule has 1 amide bonds. The summed E-state index contributed by atoms with van der Waals surface area (Å²) in [5.41, 5.74) is 4.58. The van der Waals surface area contributed by atoms with Gasteiger partial charge in [-0.05, 0) is 60.7 Å². The van der Waals surface area contributed by atoms with Crippen molar-refractivity contribution in [3.05, 3.63) is 121 Å². The van der Waals surface area contributed by atoms with E-state index in [1.807, 2.05) is 78.9 Å². The Labute approximate surface area is 164 Å². The fourth-order valence-electron chi connectivity index (χ4n) is 3.09. The summed E-state index contributed by atoms with van der Waals surface area (Å²) in [5, 5.41) is 2.95. The van der Waals surface area contributed by atoms with Gasteiger partial charge in [0, 0.05) is 28.3 Å². The van der Waals surface area contributed by atoms with Gasteiger partial charge in [-0.1, -0.05) is 54.6 Å². The number of benzene rings is 4. The summed E-state index contributed by atoms with van der Waals surface area (Å²) >= 11 is 0. The molecule has 3 nitrogen and oxygen atoms in total.